The van der Waals surface area contributed by atoms with Crippen molar-refractivity contribution in [3.63, 3.8) is 0 Å². The second-order valence-electron chi connectivity index (χ2n) is 7.22. The summed E-state index contributed by atoms with van der Waals surface area (Å²) in [6.07, 6.45) is 0.240. The summed E-state index contributed by atoms with van der Waals surface area (Å²) in [7, 11) is 1.60. The van der Waals surface area contributed by atoms with Gasteiger partial charge in [-0.15, -0.1) is 0 Å². The molecule has 142 valence electrons. The third kappa shape index (κ3) is 4.48. The van der Waals surface area contributed by atoms with Crippen LogP contribution in [0.25, 0.3) is 0 Å². The minimum absolute atomic E-state index is 0.0263. The normalized spacial score (nSPS) is 16.7. The number of carbonyl (C=O) groups excluding carboxylic acids is 2. The van der Waals surface area contributed by atoms with E-state index in [2.05, 4.69) is 31.3 Å². The first-order chi connectivity index (χ1) is 13.0. The van der Waals surface area contributed by atoms with E-state index in [1.165, 1.54) is 5.56 Å². The van der Waals surface area contributed by atoms with E-state index in [1.54, 1.807) is 12.0 Å². The molecule has 2 aromatic carbocycles. The molecule has 0 aliphatic carbocycles. The molecule has 0 radical (unpaired) electrons. The van der Waals surface area contributed by atoms with Crippen LogP contribution in [-0.4, -0.2) is 25.5 Å². The minimum Gasteiger partial charge on any atom is -0.497 e. The highest BCUT2D eigenvalue weighted by Gasteiger charge is 2.34. The Morgan fingerprint density at radius 1 is 1.15 bits per heavy atom. The van der Waals surface area contributed by atoms with Gasteiger partial charge in [0.2, 0.25) is 11.8 Å². The van der Waals surface area contributed by atoms with E-state index in [0.29, 0.717) is 19.0 Å². The van der Waals surface area contributed by atoms with Crippen LogP contribution in [0.3, 0.4) is 0 Å². The van der Waals surface area contributed by atoms with E-state index < -0.39 is 0 Å². The van der Waals surface area contributed by atoms with Crippen molar-refractivity contribution in [3.8, 4) is 5.75 Å². The standard InChI is InChI=1S/C22H26N2O3/c1-15(2)17-6-4-16(5-7-17)13-23-22(26)18-12-21(25)24(14-18)19-8-10-20(27-3)11-9-19/h4-11,15,18H,12-14H2,1-3H3,(H,23,26)/t18-/m1/s1. The lowest BCUT2D eigenvalue weighted by Gasteiger charge is -2.17. The van der Waals surface area contributed by atoms with Crippen molar-refractivity contribution in [1.82, 2.24) is 5.32 Å². The van der Waals surface area contributed by atoms with Gasteiger partial charge in [0.05, 0.1) is 13.0 Å². The van der Waals surface area contributed by atoms with Gasteiger partial charge in [-0.3, -0.25) is 9.59 Å². The molecule has 1 heterocycles. The molecule has 1 aliphatic rings. The van der Waals surface area contributed by atoms with Crippen LogP contribution in [0.5, 0.6) is 5.75 Å². The van der Waals surface area contributed by atoms with Gasteiger partial charge in [-0.1, -0.05) is 38.1 Å². The molecule has 1 aliphatic heterocycles. The van der Waals surface area contributed by atoms with Gasteiger partial charge in [-0.2, -0.15) is 0 Å². The molecular formula is C22H26N2O3. The highest BCUT2D eigenvalue weighted by Crippen LogP contribution is 2.27. The van der Waals surface area contributed by atoms with Gasteiger partial charge in [0, 0.05) is 25.2 Å². The second kappa shape index (κ2) is 8.25. The topological polar surface area (TPSA) is 58.6 Å². The number of amides is 2. The van der Waals surface area contributed by atoms with Gasteiger partial charge in [0.1, 0.15) is 5.75 Å². The van der Waals surface area contributed by atoms with Crippen LogP contribution in [0, 0.1) is 5.92 Å². The summed E-state index contributed by atoms with van der Waals surface area (Å²) in [5.41, 5.74) is 3.13. The molecule has 5 heteroatoms. The maximum Gasteiger partial charge on any atom is 0.227 e. The Kier molecular flexibility index (Phi) is 5.79. The SMILES string of the molecule is COc1ccc(N2C[C@H](C(=O)NCc3ccc(C(C)C)cc3)CC2=O)cc1. The third-order valence-electron chi connectivity index (χ3n) is 4.99. The molecule has 0 unspecified atom stereocenters. The Balaban J connectivity index is 1.56. The summed E-state index contributed by atoms with van der Waals surface area (Å²) < 4.78 is 5.14. The van der Waals surface area contributed by atoms with Gasteiger partial charge in [0.25, 0.3) is 0 Å². The van der Waals surface area contributed by atoms with Crippen molar-refractivity contribution >= 4 is 17.5 Å². The molecule has 0 spiro atoms. The Morgan fingerprint density at radius 3 is 2.41 bits per heavy atom. The molecule has 0 bridgehead atoms. The van der Waals surface area contributed by atoms with Crippen LogP contribution < -0.4 is 15.0 Å². The van der Waals surface area contributed by atoms with E-state index in [0.717, 1.165) is 17.0 Å². The first kappa shape index (κ1) is 19.0. The maximum atomic E-state index is 12.5. The van der Waals surface area contributed by atoms with Crippen molar-refractivity contribution < 1.29 is 14.3 Å². The summed E-state index contributed by atoms with van der Waals surface area (Å²) in [5.74, 6) is 0.800. The summed E-state index contributed by atoms with van der Waals surface area (Å²) in [6.45, 7) is 5.19. The van der Waals surface area contributed by atoms with Crippen LogP contribution in [0.15, 0.2) is 48.5 Å². The summed E-state index contributed by atoms with van der Waals surface area (Å²) in [5, 5.41) is 2.96. The molecule has 2 aromatic rings. The Hall–Kier alpha value is -2.82. The Morgan fingerprint density at radius 2 is 1.81 bits per heavy atom. The number of carbonyl (C=O) groups is 2. The van der Waals surface area contributed by atoms with Crippen LogP contribution in [0.4, 0.5) is 5.69 Å². The predicted octanol–water partition coefficient (Wildman–Crippen LogP) is 3.49. The second-order valence-corrected chi connectivity index (χ2v) is 7.22. The monoisotopic (exact) mass is 366 g/mol. The number of hydrogen-bond acceptors (Lipinski definition) is 3. The first-order valence-corrected chi connectivity index (χ1v) is 9.29. The fourth-order valence-corrected chi connectivity index (χ4v) is 3.25. The molecule has 27 heavy (non-hydrogen) atoms. The van der Waals surface area contributed by atoms with E-state index in [4.69, 9.17) is 4.74 Å². The molecule has 2 amide bonds. The zero-order valence-electron chi connectivity index (χ0n) is 16.1. The fourth-order valence-electron chi connectivity index (χ4n) is 3.25. The Bertz CT molecular complexity index is 797. The quantitative estimate of drug-likeness (QED) is 0.851. The average molecular weight is 366 g/mol. The maximum absolute atomic E-state index is 12.5. The number of nitrogens with one attached hydrogen (secondary N) is 1. The molecule has 5 nitrogen and oxygen atoms in total. The number of methoxy groups -OCH3 is 1. The summed E-state index contributed by atoms with van der Waals surface area (Å²) in [4.78, 5) is 26.5. The smallest absolute Gasteiger partial charge is 0.227 e. The van der Waals surface area contributed by atoms with E-state index in [1.807, 2.05) is 36.4 Å². The van der Waals surface area contributed by atoms with Crippen LogP contribution in [0.1, 0.15) is 37.3 Å². The summed E-state index contributed by atoms with van der Waals surface area (Å²) in [6, 6.07) is 15.6. The van der Waals surface area contributed by atoms with Crippen LogP contribution in [0.2, 0.25) is 0 Å². The number of nitrogens with zero attached hydrogens (tertiary/aromatic N) is 1. The lowest BCUT2D eigenvalue weighted by atomic mass is 10.0. The molecule has 1 atom stereocenters. The van der Waals surface area contributed by atoms with Gasteiger partial charge in [0.15, 0.2) is 0 Å². The van der Waals surface area contributed by atoms with Gasteiger partial charge in [-0.25, -0.2) is 0 Å². The molecule has 1 N–H and O–H groups in total. The van der Waals surface area contributed by atoms with Crippen molar-refractivity contribution in [2.45, 2.75) is 32.7 Å². The van der Waals surface area contributed by atoms with Crippen molar-refractivity contribution in [2.24, 2.45) is 5.92 Å². The number of anilines is 1. The van der Waals surface area contributed by atoms with Crippen LogP contribution >= 0.6 is 0 Å². The number of rotatable bonds is 6. The third-order valence-corrected chi connectivity index (χ3v) is 4.99. The highest BCUT2D eigenvalue weighted by atomic mass is 16.5. The lowest BCUT2D eigenvalue weighted by Crippen LogP contribution is -2.32. The van der Waals surface area contributed by atoms with E-state index in [-0.39, 0.29) is 24.2 Å². The summed E-state index contributed by atoms with van der Waals surface area (Å²) >= 11 is 0. The van der Waals surface area contributed by atoms with E-state index >= 15 is 0 Å². The minimum atomic E-state index is -0.325. The lowest BCUT2D eigenvalue weighted by molar-refractivity contribution is -0.126. The first-order valence-electron chi connectivity index (χ1n) is 9.29. The average Bonchev–Trinajstić information content (AvgIpc) is 3.08. The predicted molar refractivity (Wildman–Crippen MR) is 106 cm³/mol. The van der Waals surface area contributed by atoms with Gasteiger partial charge in [-0.05, 0) is 41.3 Å². The number of hydrogen-bond donors (Lipinski definition) is 1. The number of benzene rings is 2. The van der Waals surface area contributed by atoms with Crippen molar-refractivity contribution in [2.75, 3.05) is 18.6 Å². The van der Waals surface area contributed by atoms with Gasteiger partial charge >= 0.3 is 0 Å². The fraction of sp³-hybridized carbons (Fsp3) is 0.364. The molecular weight excluding hydrogens is 340 g/mol. The van der Waals surface area contributed by atoms with E-state index in [9.17, 15) is 9.59 Å². The van der Waals surface area contributed by atoms with Crippen molar-refractivity contribution in [3.05, 3.63) is 59.7 Å². The largest absolute Gasteiger partial charge is 0.497 e. The molecule has 0 aromatic heterocycles. The molecule has 1 saturated heterocycles. The molecule has 0 saturated carbocycles. The van der Waals surface area contributed by atoms with Gasteiger partial charge < -0.3 is 15.0 Å². The van der Waals surface area contributed by atoms with Crippen molar-refractivity contribution in [1.29, 1.82) is 0 Å². The van der Waals surface area contributed by atoms with Crippen LogP contribution in [-0.2, 0) is 16.1 Å². The number of ether oxygens (including phenoxy) is 1. The Labute approximate surface area is 160 Å². The zero-order valence-corrected chi connectivity index (χ0v) is 16.1. The zero-order chi connectivity index (χ0) is 19.4. The molecule has 3 rings (SSSR count). The molecule has 1 fully saturated rings. The highest BCUT2D eigenvalue weighted by molar-refractivity contribution is 6.00.